The van der Waals surface area contributed by atoms with Crippen LogP contribution in [0, 0.1) is 0 Å². The Hall–Kier alpha value is -2.36. The fourth-order valence-electron chi connectivity index (χ4n) is 5.04. The maximum absolute atomic E-state index is 11.2. The molecule has 0 spiro atoms. The number of ether oxygens (including phenoxy) is 3. The van der Waals surface area contributed by atoms with Gasteiger partial charge in [-0.05, 0) is 36.3 Å². The van der Waals surface area contributed by atoms with Crippen molar-refractivity contribution in [3.05, 3.63) is 108 Å². The Morgan fingerprint density at radius 3 is 1.68 bits per heavy atom. The SMILES string of the molecule is C[Si](C)(C)O[C@@]1(COCc2ccccc2)C[C@H](O)[C@H](O)[C@@H](OCc2ccccc2)[C@@H]1OCc1ccccc1. The van der Waals surface area contributed by atoms with Crippen LogP contribution in [0.5, 0.6) is 0 Å². The highest BCUT2D eigenvalue weighted by molar-refractivity contribution is 6.69. The van der Waals surface area contributed by atoms with Crippen molar-refractivity contribution >= 4 is 8.32 Å². The van der Waals surface area contributed by atoms with E-state index in [4.69, 9.17) is 18.6 Å². The summed E-state index contributed by atoms with van der Waals surface area (Å²) in [6, 6.07) is 29.7. The smallest absolute Gasteiger partial charge is 0.184 e. The molecule has 204 valence electrons. The van der Waals surface area contributed by atoms with Gasteiger partial charge in [0.1, 0.15) is 23.9 Å². The molecule has 0 radical (unpaired) electrons. The molecule has 0 aromatic heterocycles. The second-order valence-electron chi connectivity index (χ2n) is 11.0. The van der Waals surface area contributed by atoms with Crippen LogP contribution >= 0.6 is 0 Å². The number of hydrogen-bond acceptors (Lipinski definition) is 6. The van der Waals surface area contributed by atoms with E-state index in [1.54, 1.807) is 0 Å². The van der Waals surface area contributed by atoms with Crippen molar-refractivity contribution in [2.45, 2.75) is 75.9 Å². The number of aliphatic hydroxyl groups excluding tert-OH is 2. The van der Waals surface area contributed by atoms with Crippen LogP contribution < -0.4 is 0 Å². The third-order valence-corrected chi connectivity index (χ3v) is 7.65. The Balaban J connectivity index is 1.64. The molecule has 3 aromatic rings. The third kappa shape index (κ3) is 7.83. The van der Waals surface area contributed by atoms with Crippen LogP contribution in [-0.2, 0) is 38.5 Å². The molecule has 0 saturated heterocycles. The molecule has 0 bridgehead atoms. The standard InChI is InChI=1S/C31H40O6Si/c1-38(2,3)37-31(23-34-20-24-13-7-4-8-14-24)19-27(32)28(33)29(35-21-25-15-9-5-10-16-25)30(31)36-22-26-17-11-6-12-18-26/h4-18,27-30,32-33H,19-23H2,1-3H3/t27-,28-,29+,30-,31+/m0/s1. The first-order chi connectivity index (χ1) is 18.3. The van der Waals surface area contributed by atoms with Gasteiger partial charge in [0.15, 0.2) is 8.32 Å². The van der Waals surface area contributed by atoms with Gasteiger partial charge in [-0.3, -0.25) is 0 Å². The molecule has 1 fully saturated rings. The van der Waals surface area contributed by atoms with Crippen molar-refractivity contribution in [2.24, 2.45) is 0 Å². The van der Waals surface area contributed by atoms with Crippen LogP contribution in [-0.4, -0.2) is 55.2 Å². The minimum Gasteiger partial charge on any atom is -0.407 e. The molecule has 3 aromatic carbocycles. The highest BCUT2D eigenvalue weighted by Crippen LogP contribution is 2.40. The summed E-state index contributed by atoms with van der Waals surface area (Å²) in [6.07, 6.45) is -3.50. The molecule has 38 heavy (non-hydrogen) atoms. The number of aliphatic hydroxyl groups is 2. The normalized spacial score (nSPS) is 25.8. The Kier molecular flexibility index (Phi) is 9.89. The summed E-state index contributed by atoms with van der Waals surface area (Å²) in [5.41, 5.74) is 2.01. The molecule has 1 saturated carbocycles. The molecule has 0 aliphatic heterocycles. The summed E-state index contributed by atoms with van der Waals surface area (Å²) in [6.45, 7) is 7.51. The first-order valence-electron chi connectivity index (χ1n) is 13.2. The molecule has 4 rings (SSSR count). The van der Waals surface area contributed by atoms with Crippen LogP contribution in [0.2, 0.25) is 19.6 Å². The van der Waals surface area contributed by atoms with Gasteiger partial charge in [0.25, 0.3) is 0 Å². The topological polar surface area (TPSA) is 77.4 Å². The molecule has 6 nitrogen and oxygen atoms in total. The third-order valence-electron chi connectivity index (χ3n) is 6.63. The molecule has 1 aliphatic rings. The summed E-state index contributed by atoms with van der Waals surface area (Å²) in [5.74, 6) is 0. The zero-order chi connectivity index (χ0) is 27.0. The Morgan fingerprint density at radius 1 is 0.711 bits per heavy atom. The van der Waals surface area contributed by atoms with Crippen molar-refractivity contribution < 1.29 is 28.8 Å². The molecule has 2 N–H and O–H groups in total. The number of hydrogen-bond donors (Lipinski definition) is 2. The number of benzene rings is 3. The summed E-state index contributed by atoms with van der Waals surface area (Å²) in [5, 5.41) is 22.3. The monoisotopic (exact) mass is 536 g/mol. The fraction of sp³-hybridized carbons (Fsp3) is 0.419. The Labute approximate surface area is 227 Å². The lowest BCUT2D eigenvalue weighted by molar-refractivity contribution is -0.257. The summed E-state index contributed by atoms with van der Waals surface area (Å²) < 4.78 is 26.0. The summed E-state index contributed by atoms with van der Waals surface area (Å²) >= 11 is 0. The van der Waals surface area contributed by atoms with E-state index in [9.17, 15) is 10.2 Å². The van der Waals surface area contributed by atoms with Gasteiger partial charge in [0.2, 0.25) is 0 Å². The van der Waals surface area contributed by atoms with Gasteiger partial charge >= 0.3 is 0 Å². The van der Waals surface area contributed by atoms with E-state index in [1.807, 2.05) is 91.0 Å². The minimum atomic E-state index is -2.17. The van der Waals surface area contributed by atoms with Crippen molar-refractivity contribution in [1.29, 1.82) is 0 Å². The van der Waals surface area contributed by atoms with Crippen LogP contribution in [0.4, 0.5) is 0 Å². The first-order valence-corrected chi connectivity index (χ1v) is 16.7. The maximum Gasteiger partial charge on any atom is 0.184 e. The van der Waals surface area contributed by atoms with Gasteiger partial charge in [-0.25, -0.2) is 0 Å². The average molecular weight is 537 g/mol. The highest BCUT2D eigenvalue weighted by atomic mass is 28.4. The quantitative estimate of drug-likeness (QED) is 0.314. The molecular formula is C31H40O6Si. The molecule has 0 unspecified atom stereocenters. The van der Waals surface area contributed by atoms with Crippen molar-refractivity contribution in [3.8, 4) is 0 Å². The first kappa shape index (κ1) is 28.6. The van der Waals surface area contributed by atoms with Crippen LogP contribution in [0.15, 0.2) is 91.0 Å². The van der Waals surface area contributed by atoms with E-state index in [0.717, 1.165) is 16.7 Å². The highest BCUT2D eigenvalue weighted by Gasteiger charge is 2.56. The molecule has 0 amide bonds. The van der Waals surface area contributed by atoms with Gasteiger partial charge in [-0.2, -0.15) is 0 Å². The zero-order valence-corrected chi connectivity index (χ0v) is 23.5. The lowest BCUT2D eigenvalue weighted by Crippen LogP contribution is -2.68. The average Bonchev–Trinajstić information content (AvgIpc) is 2.90. The van der Waals surface area contributed by atoms with Crippen LogP contribution in [0.1, 0.15) is 23.1 Å². The maximum atomic E-state index is 11.2. The van der Waals surface area contributed by atoms with Crippen LogP contribution in [0.3, 0.4) is 0 Å². The van der Waals surface area contributed by atoms with Gasteiger partial charge < -0.3 is 28.8 Å². The lowest BCUT2D eigenvalue weighted by Gasteiger charge is -2.52. The van der Waals surface area contributed by atoms with E-state index >= 15 is 0 Å². The van der Waals surface area contributed by atoms with Gasteiger partial charge in [-0.1, -0.05) is 91.0 Å². The minimum absolute atomic E-state index is 0.178. The van der Waals surface area contributed by atoms with E-state index in [1.165, 1.54) is 0 Å². The van der Waals surface area contributed by atoms with Crippen LogP contribution in [0.25, 0.3) is 0 Å². The molecule has 7 heteroatoms. The predicted molar refractivity (Wildman–Crippen MR) is 150 cm³/mol. The Bertz CT molecular complexity index is 1090. The van der Waals surface area contributed by atoms with E-state index in [0.29, 0.717) is 13.2 Å². The fourth-order valence-corrected chi connectivity index (χ4v) is 6.52. The van der Waals surface area contributed by atoms with Crippen molar-refractivity contribution in [1.82, 2.24) is 0 Å². The van der Waals surface area contributed by atoms with Gasteiger partial charge in [0.05, 0.1) is 32.5 Å². The zero-order valence-electron chi connectivity index (χ0n) is 22.5. The van der Waals surface area contributed by atoms with Crippen molar-refractivity contribution in [3.63, 3.8) is 0 Å². The van der Waals surface area contributed by atoms with Gasteiger partial charge in [0, 0.05) is 6.42 Å². The molecular weight excluding hydrogens is 496 g/mol. The lowest BCUT2D eigenvalue weighted by atomic mass is 9.77. The Morgan fingerprint density at radius 2 is 1.18 bits per heavy atom. The van der Waals surface area contributed by atoms with E-state index < -0.39 is 38.3 Å². The van der Waals surface area contributed by atoms with E-state index in [-0.39, 0.29) is 19.6 Å². The van der Waals surface area contributed by atoms with E-state index in [2.05, 4.69) is 19.6 Å². The molecule has 0 heterocycles. The largest absolute Gasteiger partial charge is 0.407 e. The second-order valence-corrected chi connectivity index (χ2v) is 15.4. The second kappa shape index (κ2) is 13.1. The molecule has 5 atom stereocenters. The van der Waals surface area contributed by atoms with Crippen molar-refractivity contribution in [2.75, 3.05) is 6.61 Å². The summed E-state index contributed by atoms with van der Waals surface area (Å²) in [4.78, 5) is 0. The summed E-state index contributed by atoms with van der Waals surface area (Å²) in [7, 11) is -2.17. The molecule has 1 aliphatic carbocycles. The number of rotatable bonds is 12. The predicted octanol–water partition coefficient (Wildman–Crippen LogP) is 5.09. The van der Waals surface area contributed by atoms with Gasteiger partial charge in [-0.15, -0.1) is 0 Å².